The van der Waals surface area contributed by atoms with Gasteiger partial charge in [0.05, 0.1) is 12.5 Å². The molecule has 1 heterocycles. The first-order valence-electron chi connectivity index (χ1n) is 4.90. The molecule has 0 radical (unpaired) electrons. The maximum Gasteiger partial charge on any atom is 0.327 e. The van der Waals surface area contributed by atoms with Crippen LogP contribution in [0.3, 0.4) is 0 Å². The average molecular weight is 244 g/mol. The first-order valence-corrected chi connectivity index (χ1v) is 4.90. The summed E-state index contributed by atoms with van der Waals surface area (Å²) in [7, 11) is 0. The van der Waals surface area contributed by atoms with E-state index in [9.17, 15) is 4.79 Å². The van der Waals surface area contributed by atoms with Crippen molar-refractivity contribution in [2.75, 3.05) is 0 Å². The SMILES string of the molecule is C[C@H](N)C(=O)OC1=C2C=COC=C2CC1.Cl. The summed E-state index contributed by atoms with van der Waals surface area (Å²) in [5.74, 6) is 0.307. The minimum absolute atomic E-state index is 0. The van der Waals surface area contributed by atoms with Crippen molar-refractivity contribution in [1.29, 1.82) is 0 Å². The third kappa shape index (κ3) is 2.46. The number of nitrogens with two attached hydrogens (primary N) is 1. The summed E-state index contributed by atoms with van der Waals surface area (Å²) >= 11 is 0. The van der Waals surface area contributed by atoms with Crippen molar-refractivity contribution >= 4 is 18.4 Å². The highest BCUT2D eigenvalue weighted by molar-refractivity contribution is 5.85. The van der Waals surface area contributed by atoms with Crippen molar-refractivity contribution < 1.29 is 14.3 Å². The second kappa shape index (κ2) is 5.18. The highest BCUT2D eigenvalue weighted by atomic mass is 35.5. The summed E-state index contributed by atoms with van der Waals surface area (Å²) in [6.45, 7) is 1.61. The number of ether oxygens (including phenoxy) is 2. The summed E-state index contributed by atoms with van der Waals surface area (Å²) in [5, 5.41) is 0. The van der Waals surface area contributed by atoms with Gasteiger partial charge in [0.1, 0.15) is 11.8 Å². The van der Waals surface area contributed by atoms with Crippen LogP contribution >= 0.6 is 12.4 Å². The Hall–Kier alpha value is -1.26. The Balaban J connectivity index is 0.00000128. The van der Waals surface area contributed by atoms with E-state index in [1.807, 2.05) is 6.08 Å². The second-order valence-electron chi connectivity index (χ2n) is 3.63. The van der Waals surface area contributed by atoms with Crippen LogP contribution in [0.2, 0.25) is 0 Å². The molecule has 0 aromatic heterocycles. The van der Waals surface area contributed by atoms with Gasteiger partial charge < -0.3 is 15.2 Å². The van der Waals surface area contributed by atoms with Gasteiger partial charge in [-0.3, -0.25) is 0 Å². The van der Waals surface area contributed by atoms with Gasteiger partial charge in [0.15, 0.2) is 0 Å². The number of carbonyl (C=O) groups excluding carboxylic acids is 1. The number of esters is 1. The molecule has 1 aliphatic heterocycles. The van der Waals surface area contributed by atoms with Crippen LogP contribution in [0.15, 0.2) is 35.5 Å². The molecule has 0 unspecified atom stereocenters. The summed E-state index contributed by atoms with van der Waals surface area (Å²) in [6, 6.07) is -0.588. The van der Waals surface area contributed by atoms with E-state index in [-0.39, 0.29) is 12.4 Å². The molecule has 0 bridgehead atoms. The predicted octanol–water partition coefficient (Wildman–Crippen LogP) is 1.77. The smallest absolute Gasteiger partial charge is 0.327 e. The zero-order valence-corrected chi connectivity index (χ0v) is 9.75. The van der Waals surface area contributed by atoms with Crippen molar-refractivity contribution in [2.45, 2.75) is 25.8 Å². The average Bonchev–Trinajstić information content (AvgIpc) is 2.62. The van der Waals surface area contributed by atoms with Gasteiger partial charge in [0, 0.05) is 12.0 Å². The molecule has 0 saturated heterocycles. The van der Waals surface area contributed by atoms with Crippen LogP contribution in [0, 0.1) is 0 Å². The van der Waals surface area contributed by atoms with Crippen LogP contribution in [0.4, 0.5) is 0 Å². The predicted molar refractivity (Wildman–Crippen MR) is 61.6 cm³/mol. The number of hydrogen-bond acceptors (Lipinski definition) is 4. The van der Waals surface area contributed by atoms with E-state index >= 15 is 0 Å². The Morgan fingerprint density at radius 2 is 2.31 bits per heavy atom. The maximum absolute atomic E-state index is 11.3. The van der Waals surface area contributed by atoms with Crippen LogP contribution in [0.1, 0.15) is 19.8 Å². The molecule has 4 nitrogen and oxygen atoms in total. The van der Waals surface area contributed by atoms with Crippen LogP contribution < -0.4 is 5.73 Å². The van der Waals surface area contributed by atoms with E-state index in [1.54, 1.807) is 19.4 Å². The van der Waals surface area contributed by atoms with Gasteiger partial charge >= 0.3 is 5.97 Å². The van der Waals surface area contributed by atoms with Crippen LogP contribution in [0.5, 0.6) is 0 Å². The van der Waals surface area contributed by atoms with E-state index < -0.39 is 12.0 Å². The van der Waals surface area contributed by atoms with Gasteiger partial charge in [-0.15, -0.1) is 12.4 Å². The molecule has 0 saturated carbocycles. The molecule has 1 atom stereocenters. The number of carbonyl (C=O) groups is 1. The summed E-state index contributed by atoms with van der Waals surface area (Å²) in [4.78, 5) is 11.3. The van der Waals surface area contributed by atoms with Crippen molar-refractivity contribution in [3.8, 4) is 0 Å². The number of allylic oxidation sites excluding steroid dienone is 4. The topological polar surface area (TPSA) is 61.6 Å². The maximum atomic E-state index is 11.3. The minimum atomic E-state index is -0.588. The van der Waals surface area contributed by atoms with Crippen molar-refractivity contribution in [3.63, 3.8) is 0 Å². The normalized spacial score (nSPS) is 19.2. The third-order valence-corrected chi connectivity index (χ3v) is 2.39. The molecule has 5 heteroatoms. The molecule has 2 rings (SSSR count). The molecule has 2 N–H and O–H groups in total. The van der Waals surface area contributed by atoms with Gasteiger partial charge in [-0.2, -0.15) is 0 Å². The lowest BCUT2D eigenvalue weighted by atomic mass is 10.1. The summed E-state index contributed by atoms with van der Waals surface area (Å²) < 4.78 is 10.3. The molecular formula is C11H14ClNO3. The molecule has 0 amide bonds. The van der Waals surface area contributed by atoms with Crippen LogP contribution in [-0.4, -0.2) is 12.0 Å². The minimum Gasteiger partial charge on any atom is -0.472 e. The molecule has 0 spiro atoms. The van der Waals surface area contributed by atoms with Gasteiger partial charge in [0.25, 0.3) is 0 Å². The summed E-state index contributed by atoms with van der Waals surface area (Å²) in [6.07, 6.45) is 6.65. The Morgan fingerprint density at radius 1 is 1.56 bits per heavy atom. The van der Waals surface area contributed by atoms with E-state index in [0.29, 0.717) is 5.76 Å². The van der Waals surface area contributed by atoms with Gasteiger partial charge in [-0.25, -0.2) is 4.79 Å². The highest BCUT2D eigenvalue weighted by Crippen LogP contribution is 2.34. The molecule has 0 aromatic rings. The van der Waals surface area contributed by atoms with Crippen LogP contribution in [-0.2, 0) is 14.3 Å². The van der Waals surface area contributed by atoms with Gasteiger partial charge in [-0.1, -0.05) is 0 Å². The Labute approximate surface area is 100 Å². The lowest BCUT2D eigenvalue weighted by Crippen LogP contribution is -2.28. The summed E-state index contributed by atoms with van der Waals surface area (Å²) in [5.41, 5.74) is 7.46. The lowest BCUT2D eigenvalue weighted by Gasteiger charge is -2.09. The van der Waals surface area contributed by atoms with Gasteiger partial charge in [-0.05, 0) is 25.0 Å². The fraction of sp³-hybridized carbons (Fsp3) is 0.364. The van der Waals surface area contributed by atoms with E-state index in [0.717, 1.165) is 24.0 Å². The Morgan fingerprint density at radius 3 is 3.00 bits per heavy atom. The number of rotatable bonds is 2. The first kappa shape index (κ1) is 12.8. The quantitative estimate of drug-likeness (QED) is 0.751. The van der Waals surface area contributed by atoms with Crippen molar-refractivity contribution in [2.24, 2.45) is 5.73 Å². The number of halogens is 1. The zero-order valence-electron chi connectivity index (χ0n) is 8.93. The standard InChI is InChI=1S/C11H13NO3.ClH/c1-7(12)11(13)15-10-3-2-8-6-14-5-4-9(8)10;/h4-7H,2-3,12H2,1H3;1H/t7-;/m0./s1. The second-order valence-corrected chi connectivity index (χ2v) is 3.63. The largest absolute Gasteiger partial charge is 0.472 e. The monoisotopic (exact) mass is 243 g/mol. The zero-order chi connectivity index (χ0) is 10.8. The van der Waals surface area contributed by atoms with Crippen molar-refractivity contribution in [1.82, 2.24) is 0 Å². The highest BCUT2D eigenvalue weighted by Gasteiger charge is 2.24. The third-order valence-electron chi connectivity index (χ3n) is 2.39. The van der Waals surface area contributed by atoms with Crippen molar-refractivity contribution in [3.05, 3.63) is 35.5 Å². The first-order chi connectivity index (χ1) is 7.18. The molecule has 2 aliphatic rings. The number of hydrogen-bond donors (Lipinski definition) is 1. The van der Waals surface area contributed by atoms with E-state index in [4.69, 9.17) is 15.2 Å². The molecular weight excluding hydrogens is 230 g/mol. The lowest BCUT2D eigenvalue weighted by molar-refractivity contribution is -0.140. The van der Waals surface area contributed by atoms with Gasteiger partial charge in [0.2, 0.25) is 0 Å². The van der Waals surface area contributed by atoms with Crippen LogP contribution in [0.25, 0.3) is 0 Å². The fourth-order valence-electron chi connectivity index (χ4n) is 1.57. The fourth-order valence-corrected chi connectivity index (χ4v) is 1.57. The Bertz CT molecular complexity index is 383. The van der Waals surface area contributed by atoms with E-state index in [1.165, 1.54) is 0 Å². The number of fused-ring (bicyclic) bond motifs is 1. The Kier molecular flexibility index (Phi) is 4.15. The molecule has 16 heavy (non-hydrogen) atoms. The molecule has 88 valence electrons. The van der Waals surface area contributed by atoms with E-state index in [2.05, 4.69) is 0 Å². The molecule has 0 fully saturated rings. The molecule has 0 aromatic carbocycles. The molecule has 1 aliphatic carbocycles.